The third-order valence-corrected chi connectivity index (χ3v) is 3.98. The predicted molar refractivity (Wildman–Crippen MR) is 98.6 cm³/mol. The molecule has 0 aliphatic rings. The first-order valence-electron chi connectivity index (χ1n) is 8.40. The van der Waals surface area contributed by atoms with Gasteiger partial charge in [-0.25, -0.2) is 9.37 Å². The van der Waals surface area contributed by atoms with E-state index in [4.69, 9.17) is 10.5 Å². The molecule has 0 fully saturated rings. The summed E-state index contributed by atoms with van der Waals surface area (Å²) in [5.74, 6) is -0.147. The number of pyridine rings is 1. The highest BCUT2D eigenvalue weighted by molar-refractivity contribution is 5.60. The van der Waals surface area contributed by atoms with Crippen molar-refractivity contribution in [2.45, 2.75) is 6.54 Å². The third-order valence-electron chi connectivity index (χ3n) is 3.98. The van der Waals surface area contributed by atoms with Crippen LogP contribution in [0, 0.1) is 5.82 Å². The van der Waals surface area contributed by atoms with Crippen LogP contribution < -0.4 is 10.5 Å². The Kier molecular flexibility index (Phi) is 4.63. The molecule has 0 saturated carbocycles. The summed E-state index contributed by atoms with van der Waals surface area (Å²) in [6, 6.07) is 12.2. The van der Waals surface area contributed by atoms with Gasteiger partial charge in [0.15, 0.2) is 5.82 Å². The molecule has 1 aromatic carbocycles. The summed E-state index contributed by atoms with van der Waals surface area (Å²) in [6.07, 6.45) is 5.01. The molecular weight excluding hydrogens is 347 g/mol. The number of nitrogens with two attached hydrogens (primary N) is 1. The van der Waals surface area contributed by atoms with Gasteiger partial charge in [0.1, 0.15) is 5.75 Å². The highest BCUT2D eigenvalue weighted by Gasteiger charge is 2.10. The van der Waals surface area contributed by atoms with Crippen LogP contribution in [-0.4, -0.2) is 31.5 Å². The quantitative estimate of drug-likeness (QED) is 0.548. The van der Waals surface area contributed by atoms with Crippen molar-refractivity contribution in [3.05, 3.63) is 66.9 Å². The van der Waals surface area contributed by atoms with Crippen LogP contribution in [0.25, 0.3) is 22.5 Å². The zero-order valence-electron chi connectivity index (χ0n) is 14.3. The van der Waals surface area contributed by atoms with Crippen LogP contribution in [0.15, 0.2) is 61.1 Å². The maximum absolute atomic E-state index is 14.3. The average molecular weight is 364 g/mol. The first kappa shape index (κ1) is 16.9. The predicted octanol–water partition coefficient (Wildman–Crippen LogP) is 3.23. The van der Waals surface area contributed by atoms with Gasteiger partial charge in [0.05, 0.1) is 17.9 Å². The maximum Gasteiger partial charge on any atom is 0.255 e. The van der Waals surface area contributed by atoms with E-state index in [-0.39, 0.29) is 5.88 Å². The Morgan fingerprint density at radius 1 is 1.11 bits per heavy atom. The molecule has 0 unspecified atom stereocenters. The van der Waals surface area contributed by atoms with Crippen LogP contribution in [0.4, 0.5) is 4.39 Å². The summed E-state index contributed by atoms with van der Waals surface area (Å²) >= 11 is 0. The SMILES string of the molecule is NCCn1ccc(-c2ccc(Oc3ncc(-c4ccn[nH]4)cc3F)cc2)n1. The van der Waals surface area contributed by atoms with Crippen molar-refractivity contribution in [2.24, 2.45) is 5.73 Å². The average Bonchev–Trinajstić information content (AvgIpc) is 3.36. The normalized spacial score (nSPS) is 10.9. The zero-order valence-corrected chi connectivity index (χ0v) is 14.3. The van der Waals surface area contributed by atoms with Gasteiger partial charge in [0.25, 0.3) is 5.88 Å². The molecule has 0 aliphatic carbocycles. The summed E-state index contributed by atoms with van der Waals surface area (Å²) < 4.78 is 21.7. The lowest BCUT2D eigenvalue weighted by molar-refractivity contribution is 0.423. The Hall–Kier alpha value is -3.52. The second-order valence-electron chi connectivity index (χ2n) is 5.86. The van der Waals surface area contributed by atoms with E-state index in [0.29, 0.717) is 30.1 Å². The van der Waals surface area contributed by atoms with Crippen molar-refractivity contribution >= 4 is 0 Å². The third kappa shape index (κ3) is 3.70. The molecule has 7 nitrogen and oxygen atoms in total. The molecule has 3 aromatic heterocycles. The fraction of sp³-hybridized carbons (Fsp3) is 0.105. The van der Waals surface area contributed by atoms with Gasteiger partial charge in [-0.3, -0.25) is 9.78 Å². The number of ether oxygens (including phenoxy) is 1. The van der Waals surface area contributed by atoms with Gasteiger partial charge >= 0.3 is 0 Å². The van der Waals surface area contributed by atoms with Gasteiger partial charge < -0.3 is 10.5 Å². The summed E-state index contributed by atoms with van der Waals surface area (Å²) in [5.41, 5.74) is 8.58. The topological polar surface area (TPSA) is 94.6 Å². The maximum atomic E-state index is 14.3. The first-order valence-corrected chi connectivity index (χ1v) is 8.40. The number of H-pyrrole nitrogens is 1. The number of aromatic amines is 1. The van der Waals surface area contributed by atoms with Crippen molar-refractivity contribution in [3.63, 3.8) is 0 Å². The van der Waals surface area contributed by atoms with Crippen molar-refractivity contribution in [3.8, 4) is 34.1 Å². The second kappa shape index (κ2) is 7.38. The number of halogens is 1. The van der Waals surface area contributed by atoms with Crippen LogP contribution in [-0.2, 0) is 6.54 Å². The molecule has 0 radical (unpaired) electrons. The van der Waals surface area contributed by atoms with Crippen LogP contribution >= 0.6 is 0 Å². The minimum Gasteiger partial charge on any atom is -0.436 e. The van der Waals surface area contributed by atoms with Crippen LogP contribution in [0.1, 0.15) is 0 Å². The molecule has 136 valence electrons. The molecule has 27 heavy (non-hydrogen) atoms. The summed E-state index contributed by atoms with van der Waals surface area (Å²) in [7, 11) is 0. The lowest BCUT2D eigenvalue weighted by atomic mass is 10.1. The van der Waals surface area contributed by atoms with Gasteiger partial charge in [-0.05, 0) is 42.5 Å². The lowest BCUT2D eigenvalue weighted by Crippen LogP contribution is -2.09. The van der Waals surface area contributed by atoms with Gasteiger partial charge in [-0.2, -0.15) is 10.2 Å². The first-order chi connectivity index (χ1) is 13.2. The summed E-state index contributed by atoms with van der Waals surface area (Å²) in [4.78, 5) is 4.06. The molecule has 0 amide bonds. The van der Waals surface area contributed by atoms with E-state index in [1.54, 1.807) is 29.1 Å². The molecule has 0 atom stereocenters. The van der Waals surface area contributed by atoms with Gasteiger partial charge in [-0.1, -0.05) is 0 Å². The van der Waals surface area contributed by atoms with E-state index in [1.165, 1.54) is 12.3 Å². The molecule has 0 aliphatic heterocycles. The highest BCUT2D eigenvalue weighted by atomic mass is 19.1. The molecule has 4 aromatic rings. The molecule has 0 bridgehead atoms. The van der Waals surface area contributed by atoms with E-state index < -0.39 is 5.82 Å². The fourth-order valence-electron chi connectivity index (χ4n) is 2.64. The molecule has 0 saturated heterocycles. The monoisotopic (exact) mass is 364 g/mol. The van der Waals surface area contributed by atoms with E-state index in [1.807, 2.05) is 24.4 Å². The second-order valence-corrected chi connectivity index (χ2v) is 5.86. The van der Waals surface area contributed by atoms with Crippen molar-refractivity contribution in [1.82, 2.24) is 25.0 Å². The van der Waals surface area contributed by atoms with E-state index in [9.17, 15) is 4.39 Å². The molecule has 4 rings (SSSR count). The number of benzene rings is 1. The number of nitrogens with one attached hydrogen (secondary N) is 1. The standard InChI is InChI=1S/C19H17FN6O/c20-16-11-14(17-5-8-23-24-17)12-22-19(16)27-15-3-1-13(2-4-15)18-6-9-26(25-18)10-7-21/h1-6,8-9,11-12H,7,10,21H2,(H,23,24). The molecular formula is C19H17FN6O. The van der Waals surface area contributed by atoms with Gasteiger partial charge in [-0.15, -0.1) is 0 Å². The number of hydrogen-bond donors (Lipinski definition) is 2. The number of hydrogen-bond acceptors (Lipinski definition) is 5. The molecule has 0 spiro atoms. The summed E-state index contributed by atoms with van der Waals surface area (Å²) in [5, 5.41) is 11.1. The van der Waals surface area contributed by atoms with Crippen LogP contribution in [0.3, 0.4) is 0 Å². The number of aromatic nitrogens is 5. The largest absolute Gasteiger partial charge is 0.436 e. The number of nitrogens with zero attached hydrogens (tertiary/aromatic N) is 4. The van der Waals surface area contributed by atoms with Crippen LogP contribution in [0.5, 0.6) is 11.6 Å². The smallest absolute Gasteiger partial charge is 0.255 e. The van der Waals surface area contributed by atoms with E-state index >= 15 is 0 Å². The minimum absolute atomic E-state index is 0.0850. The number of rotatable bonds is 6. The fourth-order valence-corrected chi connectivity index (χ4v) is 2.64. The van der Waals surface area contributed by atoms with Crippen molar-refractivity contribution < 1.29 is 9.13 Å². The molecule has 3 heterocycles. The Morgan fingerprint density at radius 3 is 2.67 bits per heavy atom. The van der Waals surface area contributed by atoms with E-state index in [2.05, 4.69) is 20.3 Å². The van der Waals surface area contributed by atoms with Crippen molar-refractivity contribution in [1.29, 1.82) is 0 Å². The van der Waals surface area contributed by atoms with Crippen molar-refractivity contribution in [2.75, 3.05) is 6.54 Å². The Bertz CT molecular complexity index is 1030. The lowest BCUT2D eigenvalue weighted by Gasteiger charge is -2.07. The zero-order chi connectivity index (χ0) is 18.6. The minimum atomic E-state index is -0.549. The van der Waals surface area contributed by atoms with Crippen LogP contribution in [0.2, 0.25) is 0 Å². The molecule has 8 heteroatoms. The Labute approximate surface area is 154 Å². The Morgan fingerprint density at radius 2 is 1.96 bits per heavy atom. The summed E-state index contributed by atoms with van der Waals surface area (Å²) in [6.45, 7) is 1.20. The molecule has 3 N–H and O–H groups in total. The van der Waals surface area contributed by atoms with Gasteiger partial charge in [0.2, 0.25) is 0 Å². The van der Waals surface area contributed by atoms with E-state index in [0.717, 1.165) is 11.3 Å². The Balaban J connectivity index is 1.49. The highest BCUT2D eigenvalue weighted by Crippen LogP contribution is 2.27. The van der Waals surface area contributed by atoms with Gasteiger partial charge in [0, 0.05) is 36.3 Å².